The molecule has 0 aliphatic carbocycles. The standard InChI is InChI=1S/C18H28O2/c1-15(2)9-7-13-18(5,20)14-8-11-16(3)10-6-12-17(4)19/h6,8-11,14,20H,7,12-13H2,1-5H3. The summed E-state index contributed by atoms with van der Waals surface area (Å²) in [6.45, 7) is 9.48. The average molecular weight is 276 g/mol. The van der Waals surface area contributed by atoms with Gasteiger partial charge in [0.05, 0.1) is 5.60 Å². The zero-order valence-corrected chi connectivity index (χ0v) is 13.4. The highest BCUT2D eigenvalue weighted by molar-refractivity contribution is 5.77. The van der Waals surface area contributed by atoms with Gasteiger partial charge in [0.1, 0.15) is 5.78 Å². The van der Waals surface area contributed by atoms with Gasteiger partial charge in [0.15, 0.2) is 0 Å². The van der Waals surface area contributed by atoms with E-state index < -0.39 is 5.60 Å². The smallest absolute Gasteiger partial charge is 0.133 e. The van der Waals surface area contributed by atoms with E-state index in [9.17, 15) is 9.90 Å². The van der Waals surface area contributed by atoms with Crippen molar-refractivity contribution in [1.29, 1.82) is 0 Å². The predicted molar refractivity (Wildman–Crippen MR) is 86.6 cm³/mol. The second-order valence-electron chi connectivity index (χ2n) is 5.76. The van der Waals surface area contributed by atoms with Crippen LogP contribution in [0.15, 0.2) is 47.6 Å². The molecule has 0 aliphatic heterocycles. The number of carbonyl (C=O) groups is 1. The third kappa shape index (κ3) is 11.7. The van der Waals surface area contributed by atoms with Crippen LogP contribution in [0.4, 0.5) is 0 Å². The lowest BCUT2D eigenvalue weighted by Gasteiger charge is -2.17. The fourth-order valence-electron chi connectivity index (χ4n) is 1.61. The minimum Gasteiger partial charge on any atom is -0.386 e. The lowest BCUT2D eigenvalue weighted by Crippen LogP contribution is -2.19. The second-order valence-corrected chi connectivity index (χ2v) is 5.76. The molecule has 0 saturated carbocycles. The molecule has 0 radical (unpaired) electrons. The maximum atomic E-state index is 10.8. The van der Waals surface area contributed by atoms with Crippen LogP contribution in [0.3, 0.4) is 0 Å². The molecule has 112 valence electrons. The van der Waals surface area contributed by atoms with Crippen LogP contribution in [-0.4, -0.2) is 16.5 Å². The maximum Gasteiger partial charge on any atom is 0.133 e. The van der Waals surface area contributed by atoms with Gasteiger partial charge in [-0.05, 0) is 47.5 Å². The number of hydrogen-bond acceptors (Lipinski definition) is 2. The van der Waals surface area contributed by atoms with Crippen LogP contribution in [0.2, 0.25) is 0 Å². The van der Waals surface area contributed by atoms with Crippen molar-refractivity contribution >= 4 is 5.78 Å². The first-order chi connectivity index (χ1) is 9.23. The van der Waals surface area contributed by atoms with Crippen molar-refractivity contribution in [2.75, 3.05) is 0 Å². The molecule has 1 N–H and O–H groups in total. The molecule has 2 nitrogen and oxygen atoms in total. The van der Waals surface area contributed by atoms with Gasteiger partial charge < -0.3 is 5.11 Å². The molecule has 0 rings (SSSR count). The van der Waals surface area contributed by atoms with Crippen LogP contribution in [0.1, 0.15) is 53.9 Å². The number of carbonyl (C=O) groups excluding carboxylic acids is 1. The fourth-order valence-corrected chi connectivity index (χ4v) is 1.61. The van der Waals surface area contributed by atoms with Crippen molar-refractivity contribution in [1.82, 2.24) is 0 Å². The van der Waals surface area contributed by atoms with Gasteiger partial charge in [-0.2, -0.15) is 0 Å². The number of hydrogen-bond donors (Lipinski definition) is 1. The van der Waals surface area contributed by atoms with Crippen LogP contribution in [0, 0.1) is 0 Å². The Morgan fingerprint density at radius 1 is 1.20 bits per heavy atom. The highest BCUT2D eigenvalue weighted by atomic mass is 16.3. The van der Waals surface area contributed by atoms with Crippen LogP contribution < -0.4 is 0 Å². The van der Waals surface area contributed by atoms with Crippen molar-refractivity contribution in [3.05, 3.63) is 47.6 Å². The van der Waals surface area contributed by atoms with Crippen LogP contribution in [0.25, 0.3) is 0 Å². The van der Waals surface area contributed by atoms with Gasteiger partial charge in [0, 0.05) is 6.42 Å². The summed E-state index contributed by atoms with van der Waals surface area (Å²) in [7, 11) is 0. The zero-order chi connectivity index (χ0) is 15.6. The van der Waals surface area contributed by atoms with E-state index in [0.717, 1.165) is 12.0 Å². The van der Waals surface area contributed by atoms with E-state index in [-0.39, 0.29) is 5.78 Å². The molecule has 0 aliphatic rings. The Morgan fingerprint density at radius 2 is 1.85 bits per heavy atom. The first kappa shape index (κ1) is 18.6. The minimum absolute atomic E-state index is 0.159. The molecule has 0 saturated heterocycles. The molecule has 0 aromatic carbocycles. The molecule has 0 aromatic rings. The summed E-state index contributed by atoms with van der Waals surface area (Å²) >= 11 is 0. The lowest BCUT2D eigenvalue weighted by molar-refractivity contribution is -0.116. The molecular formula is C18H28O2. The number of Topliss-reactive ketones (excluding diaryl/α,β-unsaturated/α-hetero) is 1. The maximum absolute atomic E-state index is 10.8. The first-order valence-electron chi connectivity index (χ1n) is 7.11. The summed E-state index contributed by atoms with van der Waals surface area (Å²) in [6.07, 6.45) is 13.6. The molecule has 0 bridgehead atoms. The summed E-state index contributed by atoms with van der Waals surface area (Å²) in [5.74, 6) is 0.159. The van der Waals surface area contributed by atoms with Crippen molar-refractivity contribution < 1.29 is 9.90 Å². The van der Waals surface area contributed by atoms with Gasteiger partial charge >= 0.3 is 0 Å². The van der Waals surface area contributed by atoms with Crippen molar-refractivity contribution in [2.24, 2.45) is 0 Å². The van der Waals surface area contributed by atoms with E-state index in [0.29, 0.717) is 12.8 Å². The van der Waals surface area contributed by atoms with Crippen LogP contribution >= 0.6 is 0 Å². The highest BCUT2D eigenvalue weighted by Crippen LogP contribution is 2.15. The third-order valence-corrected chi connectivity index (χ3v) is 2.80. The van der Waals surface area contributed by atoms with E-state index in [1.54, 1.807) is 6.92 Å². The van der Waals surface area contributed by atoms with E-state index in [1.807, 2.05) is 44.2 Å². The van der Waals surface area contributed by atoms with Crippen LogP contribution in [-0.2, 0) is 4.79 Å². The Kier molecular flexibility index (Phi) is 8.82. The van der Waals surface area contributed by atoms with Gasteiger partial charge in [-0.15, -0.1) is 0 Å². The van der Waals surface area contributed by atoms with Crippen molar-refractivity contribution in [2.45, 2.75) is 59.5 Å². The quantitative estimate of drug-likeness (QED) is 0.522. The summed E-state index contributed by atoms with van der Waals surface area (Å²) in [4.78, 5) is 10.8. The van der Waals surface area contributed by atoms with E-state index in [2.05, 4.69) is 19.9 Å². The monoisotopic (exact) mass is 276 g/mol. The number of allylic oxidation sites excluding steroid dienone is 7. The van der Waals surface area contributed by atoms with E-state index >= 15 is 0 Å². The summed E-state index contributed by atoms with van der Waals surface area (Å²) in [6, 6.07) is 0. The topological polar surface area (TPSA) is 37.3 Å². The van der Waals surface area contributed by atoms with Gasteiger partial charge in [-0.1, -0.05) is 47.6 Å². The van der Waals surface area contributed by atoms with Crippen molar-refractivity contribution in [3.8, 4) is 0 Å². The molecule has 20 heavy (non-hydrogen) atoms. The van der Waals surface area contributed by atoms with E-state index in [1.165, 1.54) is 5.57 Å². The lowest BCUT2D eigenvalue weighted by atomic mass is 9.98. The number of ketones is 1. The number of aliphatic hydroxyl groups is 1. The molecule has 0 spiro atoms. The molecule has 0 fully saturated rings. The molecule has 0 heterocycles. The first-order valence-corrected chi connectivity index (χ1v) is 7.11. The Balaban J connectivity index is 4.35. The Bertz CT molecular complexity index is 417. The Morgan fingerprint density at radius 3 is 2.40 bits per heavy atom. The normalized spacial score (nSPS) is 15.6. The average Bonchev–Trinajstić information content (AvgIpc) is 2.27. The Labute approximate surface area is 123 Å². The summed E-state index contributed by atoms with van der Waals surface area (Å²) < 4.78 is 0. The Hall–Kier alpha value is -1.41. The van der Waals surface area contributed by atoms with E-state index in [4.69, 9.17) is 0 Å². The van der Waals surface area contributed by atoms with Crippen LogP contribution in [0.5, 0.6) is 0 Å². The zero-order valence-electron chi connectivity index (χ0n) is 13.4. The fraction of sp³-hybridized carbons (Fsp3) is 0.500. The summed E-state index contributed by atoms with van der Waals surface area (Å²) in [5.41, 5.74) is 1.55. The number of rotatable bonds is 8. The molecule has 1 unspecified atom stereocenters. The SMILES string of the molecule is CC(=O)CC=CC(C)=CC=CC(C)(O)CCC=C(C)C. The van der Waals surface area contributed by atoms with Crippen molar-refractivity contribution in [3.63, 3.8) is 0 Å². The largest absolute Gasteiger partial charge is 0.386 e. The minimum atomic E-state index is -0.786. The molecule has 0 aromatic heterocycles. The molecule has 1 atom stereocenters. The third-order valence-electron chi connectivity index (χ3n) is 2.80. The molecule has 2 heteroatoms. The van der Waals surface area contributed by atoms with Gasteiger partial charge in [0.25, 0.3) is 0 Å². The van der Waals surface area contributed by atoms with Gasteiger partial charge in [-0.3, -0.25) is 4.79 Å². The van der Waals surface area contributed by atoms with Gasteiger partial charge in [-0.25, -0.2) is 0 Å². The summed E-state index contributed by atoms with van der Waals surface area (Å²) in [5, 5.41) is 10.2. The molecular weight excluding hydrogens is 248 g/mol. The molecule has 0 amide bonds. The predicted octanol–water partition coefficient (Wildman–Crippen LogP) is 4.52. The highest BCUT2D eigenvalue weighted by Gasteiger charge is 2.13. The van der Waals surface area contributed by atoms with Gasteiger partial charge in [0.2, 0.25) is 0 Å². The second kappa shape index (κ2) is 9.49.